The van der Waals surface area contributed by atoms with Gasteiger partial charge in [0.15, 0.2) is 9.84 Å². The Kier molecular flexibility index (Phi) is 4.24. The van der Waals surface area contributed by atoms with E-state index in [0.717, 1.165) is 25.7 Å². The monoisotopic (exact) mass is 300 g/mol. The van der Waals surface area contributed by atoms with Crippen LogP contribution in [0.2, 0.25) is 0 Å². The highest BCUT2D eigenvalue weighted by Gasteiger charge is 2.23. The molecule has 110 valence electrons. The summed E-state index contributed by atoms with van der Waals surface area (Å²) < 4.78 is 28.6. The van der Waals surface area contributed by atoms with Crippen LogP contribution in [0.4, 0.5) is 11.4 Å². The first-order valence-electron chi connectivity index (χ1n) is 6.21. The van der Waals surface area contributed by atoms with Crippen molar-refractivity contribution in [2.24, 2.45) is 0 Å². The molecule has 1 N–H and O–H groups in total. The van der Waals surface area contributed by atoms with E-state index in [4.69, 9.17) is 4.74 Å². The zero-order valence-corrected chi connectivity index (χ0v) is 11.9. The Bertz CT molecular complexity index is 608. The first kappa shape index (κ1) is 14.7. The molecule has 0 spiro atoms. The molecule has 1 aromatic carbocycles. The second-order valence-corrected chi connectivity index (χ2v) is 6.75. The molecule has 1 heterocycles. The first-order valence-corrected chi connectivity index (χ1v) is 8.10. The van der Waals surface area contributed by atoms with Crippen molar-refractivity contribution >= 4 is 21.2 Å². The predicted octanol–water partition coefficient (Wildman–Crippen LogP) is 1.59. The summed E-state index contributed by atoms with van der Waals surface area (Å²) in [6.07, 6.45) is 2.82. The van der Waals surface area contributed by atoms with Crippen molar-refractivity contribution in [1.29, 1.82) is 0 Å². The van der Waals surface area contributed by atoms with E-state index >= 15 is 0 Å². The minimum Gasteiger partial charge on any atom is -0.380 e. The molecule has 1 aliphatic heterocycles. The van der Waals surface area contributed by atoms with Crippen molar-refractivity contribution < 1.29 is 18.1 Å². The van der Waals surface area contributed by atoms with Crippen molar-refractivity contribution in [3.8, 4) is 0 Å². The minimum atomic E-state index is -3.65. The van der Waals surface area contributed by atoms with Crippen molar-refractivity contribution in [3.05, 3.63) is 28.3 Å². The summed E-state index contributed by atoms with van der Waals surface area (Å²) in [6.45, 7) is 1.28. The van der Waals surface area contributed by atoms with Gasteiger partial charge in [-0.3, -0.25) is 10.1 Å². The molecule has 7 nitrogen and oxygen atoms in total. The van der Waals surface area contributed by atoms with E-state index in [1.54, 1.807) is 0 Å². The Labute approximate surface area is 117 Å². The first-order chi connectivity index (χ1) is 9.38. The zero-order valence-electron chi connectivity index (χ0n) is 11.0. The average molecular weight is 300 g/mol. The summed E-state index contributed by atoms with van der Waals surface area (Å²) in [4.78, 5) is 9.91. The van der Waals surface area contributed by atoms with Gasteiger partial charge in [-0.2, -0.15) is 0 Å². The number of hydrogen-bond donors (Lipinski definition) is 1. The quantitative estimate of drug-likeness (QED) is 0.669. The van der Waals surface area contributed by atoms with Gasteiger partial charge in [-0.05, 0) is 25.0 Å². The van der Waals surface area contributed by atoms with Crippen LogP contribution < -0.4 is 5.32 Å². The van der Waals surface area contributed by atoms with Crippen molar-refractivity contribution in [2.75, 3.05) is 24.8 Å². The van der Waals surface area contributed by atoms with Crippen LogP contribution in [0.15, 0.2) is 23.1 Å². The smallest absolute Gasteiger partial charge is 0.288 e. The van der Waals surface area contributed by atoms with Gasteiger partial charge in [0.2, 0.25) is 0 Å². The number of rotatable bonds is 4. The van der Waals surface area contributed by atoms with Crippen molar-refractivity contribution in [1.82, 2.24) is 0 Å². The lowest BCUT2D eigenvalue weighted by Crippen LogP contribution is -2.30. The normalized spacial score (nSPS) is 19.6. The molecule has 0 aliphatic carbocycles. The van der Waals surface area contributed by atoms with Gasteiger partial charge in [0, 0.05) is 30.7 Å². The van der Waals surface area contributed by atoms with E-state index in [-0.39, 0.29) is 10.9 Å². The molecule has 0 amide bonds. The van der Waals surface area contributed by atoms with Crippen LogP contribution in [0.1, 0.15) is 12.8 Å². The topological polar surface area (TPSA) is 98.5 Å². The van der Waals surface area contributed by atoms with Crippen molar-refractivity contribution in [2.45, 2.75) is 23.8 Å². The largest absolute Gasteiger partial charge is 0.380 e. The summed E-state index contributed by atoms with van der Waals surface area (Å²) >= 11 is 0. The average Bonchev–Trinajstić information content (AvgIpc) is 2.38. The molecule has 20 heavy (non-hydrogen) atoms. The molecule has 2 rings (SSSR count). The third-order valence-electron chi connectivity index (χ3n) is 3.09. The van der Waals surface area contributed by atoms with Gasteiger partial charge in [-0.1, -0.05) is 0 Å². The molecular weight excluding hydrogens is 284 g/mol. The van der Waals surface area contributed by atoms with Crippen LogP contribution >= 0.6 is 0 Å². The van der Waals surface area contributed by atoms with Crippen LogP contribution in [0, 0.1) is 10.1 Å². The molecule has 0 bridgehead atoms. The Hall–Kier alpha value is -1.67. The molecule has 1 saturated heterocycles. The molecule has 1 unspecified atom stereocenters. The zero-order chi connectivity index (χ0) is 14.8. The van der Waals surface area contributed by atoms with Gasteiger partial charge in [-0.25, -0.2) is 8.42 Å². The predicted molar refractivity (Wildman–Crippen MR) is 73.7 cm³/mol. The fraction of sp³-hybridized carbons (Fsp3) is 0.500. The maximum absolute atomic E-state index is 11.6. The second kappa shape index (κ2) is 5.76. The SMILES string of the molecule is CS(=O)(=O)c1cc(NC2CCCOC2)ccc1[N+](=O)[O-]. The van der Waals surface area contributed by atoms with E-state index in [1.807, 2.05) is 0 Å². The second-order valence-electron chi connectivity index (χ2n) is 4.77. The number of ether oxygens (including phenoxy) is 1. The highest BCUT2D eigenvalue weighted by Crippen LogP contribution is 2.27. The van der Waals surface area contributed by atoms with Gasteiger partial charge in [0.05, 0.1) is 11.5 Å². The van der Waals surface area contributed by atoms with Gasteiger partial charge in [0.25, 0.3) is 5.69 Å². The summed E-state index contributed by atoms with van der Waals surface area (Å²) in [5, 5.41) is 14.0. The standard InChI is InChI=1S/C12H16N2O5S/c1-20(17,18)12-7-9(4-5-11(12)14(15)16)13-10-3-2-6-19-8-10/h4-5,7,10,13H,2-3,6,8H2,1H3. The number of nitro benzene ring substituents is 1. The number of nitrogens with one attached hydrogen (secondary N) is 1. The molecule has 1 aliphatic rings. The molecule has 1 atom stereocenters. The van der Waals surface area contributed by atoms with Crippen LogP contribution in [0.3, 0.4) is 0 Å². The number of sulfone groups is 1. The van der Waals surface area contributed by atoms with E-state index in [1.165, 1.54) is 18.2 Å². The van der Waals surface area contributed by atoms with E-state index < -0.39 is 20.4 Å². The minimum absolute atomic E-state index is 0.0950. The molecule has 0 aromatic heterocycles. The van der Waals surface area contributed by atoms with Gasteiger partial charge in [-0.15, -0.1) is 0 Å². The lowest BCUT2D eigenvalue weighted by atomic mass is 10.1. The lowest BCUT2D eigenvalue weighted by Gasteiger charge is -2.24. The number of anilines is 1. The molecule has 1 fully saturated rings. The molecule has 0 saturated carbocycles. The molecule has 0 radical (unpaired) electrons. The third kappa shape index (κ3) is 3.45. The van der Waals surface area contributed by atoms with Crippen LogP contribution in [-0.4, -0.2) is 38.9 Å². The molecule has 8 heteroatoms. The van der Waals surface area contributed by atoms with Gasteiger partial charge >= 0.3 is 0 Å². The van der Waals surface area contributed by atoms with Crippen LogP contribution in [0.25, 0.3) is 0 Å². The maximum Gasteiger partial charge on any atom is 0.288 e. The Morgan fingerprint density at radius 2 is 2.20 bits per heavy atom. The number of nitro groups is 1. The summed E-state index contributed by atoms with van der Waals surface area (Å²) in [7, 11) is -3.65. The van der Waals surface area contributed by atoms with Crippen LogP contribution in [-0.2, 0) is 14.6 Å². The van der Waals surface area contributed by atoms with Gasteiger partial charge in [0.1, 0.15) is 4.90 Å². The molecule has 1 aromatic rings. The van der Waals surface area contributed by atoms with Crippen molar-refractivity contribution in [3.63, 3.8) is 0 Å². The number of benzene rings is 1. The Balaban J connectivity index is 2.29. The Morgan fingerprint density at radius 3 is 2.75 bits per heavy atom. The summed E-state index contributed by atoms with van der Waals surface area (Å²) in [5.74, 6) is 0. The Morgan fingerprint density at radius 1 is 1.45 bits per heavy atom. The highest BCUT2D eigenvalue weighted by atomic mass is 32.2. The van der Waals surface area contributed by atoms with E-state index in [0.29, 0.717) is 12.3 Å². The number of hydrogen-bond acceptors (Lipinski definition) is 6. The third-order valence-corrected chi connectivity index (χ3v) is 4.21. The van der Waals surface area contributed by atoms with Gasteiger partial charge < -0.3 is 10.1 Å². The summed E-state index contributed by atoms with van der Waals surface area (Å²) in [6, 6.07) is 4.13. The van der Waals surface area contributed by atoms with E-state index in [2.05, 4.69) is 5.32 Å². The fourth-order valence-electron chi connectivity index (χ4n) is 2.14. The molecular formula is C12H16N2O5S. The highest BCUT2D eigenvalue weighted by molar-refractivity contribution is 7.90. The summed E-state index contributed by atoms with van der Waals surface area (Å²) in [5.41, 5.74) is 0.143. The fourth-order valence-corrected chi connectivity index (χ4v) is 3.01. The lowest BCUT2D eigenvalue weighted by molar-refractivity contribution is -0.387. The number of nitrogens with zero attached hydrogens (tertiary/aromatic N) is 1. The van der Waals surface area contributed by atoms with E-state index in [9.17, 15) is 18.5 Å². The van der Waals surface area contributed by atoms with Crippen LogP contribution in [0.5, 0.6) is 0 Å². The maximum atomic E-state index is 11.6.